The van der Waals surface area contributed by atoms with Crippen molar-refractivity contribution in [3.8, 4) is 0 Å². The van der Waals surface area contributed by atoms with Crippen LogP contribution in [0, 0.1) is 5.92 Å². The summed E-state index contributed by atoms with van der Waals surface area (Å²) >= 11 is 0. The SMILES string of the molecule is CCC(C)C(C)Nc1nc(NC)nc(N2CCCCC2)n1. The van der Waals surface area contributed by atoms with E-state index in [4.69, 9.17) is 0 Å². The van der Waals surface area contributed by atoms with Crippen LogP contribution in [-0.2, 0) is 0 Å². The zero-order valence-electron chi connectivity index (χ0n) is 13.7. The highest BCUT2D eigenvalue weighted by Gasteiger charge is 2.17. The largest absolute Gasteiger partial charge is 0.357 e. The van der Waals surface area contributed by atoms with Gasteiger partial charge in [0.1, 0.15) is 0 Å². The molecule has 1 saturated heterocycles. The standard InChI is InChI=1S/C15H28N6/c1-5-11(2)12(3)17-14-18-13(16-4)19-15(20-14)21-9-7-6-8-10-21/h11-12H,5-10H2,1-4H3,(H2,16,17,18,19,20). The first-order chi connectivity index (χ1) is 10.1. The summed E-state index contributed by atoms with van der Waals surface area (Å²) in [6.45, 7) is 8.69. The molecule has 0 aliphatic carbocycles. The summed E-state index contributed by atoms with van der Waals surface area (Å²) in [5.41, 5.74) is 0. The number of rotatable bonds is 6. The van der Waals surface area contributed by atoms with Gasteiger partial charge in [0.2, 0.25) is 17.8 Å². The molecule has 1 aromatic rings. The van der Waals surface area contributed by atoms with Gasteiger partial charge in [-0.15, -0.1) is 0 Å². The van der Waals surface area contributed by atoms with Crippen molar-refractivity contribution in [2.45, 2.75) is 52.5 Å². The molecule has 6 heteroatoms. The van der Waals surface area contributed by atoms with Crippen LogP contribution in [0.1, 0.15) is 46.5 Å². The highest BCUT2D eigenvalue weighted by atomic mass is 15.3. The second-order valence-electron chi connectivity index (χ2n) is 5.90. The Bertz CT molecular complexity index is 444. The number of nitrogens with zero attached hydrogens (tertiary/aromatic N) is 4. The van der Waals surface area contributed by atoms with Gasteiger partial charge in [0.15, 0.2) is 0 Å². The van der Waals surface area contributed by atoms with E-state index in [0.29, 0.717) is 23.9 Å². The molecule has 2 atom stereocenters. The van der Waals surface area contributed by atoms with Crippen molar-refractivity contribution in [3.05, 3.63) is 0 Å². The molecule has 2 heterocycles. The number of aromatic nitrogens is 3. The lowest BCUT2D eigenvalue weighted by atomic mass is 10.0. The van der Waals surface area contributed by atoms with Gasteiger partial charge in [-0.25, -0.2) is 0 Å². The number of piperidine rings is 1. The van der Waals surface area contributed by atoms with Gasteiger partial charge in [0, 0.05) is 26.2 Å². The lowest BCUT2D eigenvalue weighted by molar-refractivity contribution is 0.492. The Morgan fingerprint density at radius 1 is 1.05 bits per heavy atom. The normalized spacial score (nSPS) is 18.2. The molecule has 6 nitrogen and oxygen atoms in total. The van der Waals surface area contributed by atoms with Gasteiger partial charge in [0.05, 0.1) is 0 Å². The molecule has 1 aliphatic heterocycles. The van der Waals surface area contributed by atoms with Crippen molar-refractivity contribution in [2.24, 2.45) is 5.92 Å². The molecule has 0 spiro atoms. The van der Waals surface area contributed by atoms with E-state index in [2.05, 4.69) is 51.3 Å². The maximum Gasteiger partial charge on any atom is 0.231 e. The zero-order chi connectivity index (χ0) is 15.2. The van der Waals surface area contributed by atoms with Crippen LogP contribution < -0.4 is 15.5 Å². The van der Waals surface area contributed by atoms with E-state index < -0.39 is 0 Å². The summed E-state index contributed by atoms with van der Waals surface area (Å²) in [5.74, 6) is 2.67. The minimum absolute atomic E-state index is 0.344. The molecule has 0 aromatic carbocycles. The van der Waals surface area contributed by atoms with Crippen molar-refractivity contribution in [1.82, 2.24) is 15.0 Å². The van der Waals surface area contributed by atoms with Crippen molar-refractivity contribution >= 4 is 17.8 Å². The van der Waals surface area contributed by atoms with Crippen LogP contribution in [0.5, 0.6) is 0 Å². The third-order valence-electron chi connectivity index (χ3n) is 4.34. The van der Waals surface area contributed by atoms with E-state index in [1.807, 2.05) is 7.05 Å². The van der Waals surface area contributed by atoms with Gasteiger partial charge in [0.25, 0.3) is 0 Å². The van der Waals surface area contributed by atoms with Gasteiger partial charge >= 0.3 is 0 Å². The molecule has 1 aliphatic rings. The topological polar surface area (TPSA) is 66.0 Å². The van der Waals surface area contributed by atoms with Crippen molar-refractivity contribution < 1.29 is 0 Å². The fraction of sp³-hybridized carbons (Fsp3) is 0.800. The molecule has 21 heavy (non-hydrogen) atoms. The summed E-state index contributed by atoms with van der Waals surface area (Å²) in [5, 5.41) is 6.45. The first kappa shape index (κ1) is 15.8. The minimum atomic E-state index is 0.344. The Morgan fingerprint density at radius 2 is 1.71 bits per heavy atom. The maximum atomic E-state index is 4.61. The lowest BCUT2D eigenvalue weighted by Gasteiger charge is -2.27. The monoisotopic (exact) mass is 292 g/mol. The fourth-order valence-corrected chi connectivity index (χ4v) is 2.48. The summed E-state index contributed by atoms with van der Waals surface area (Å²) in [7, 11) is 1.84. The Labute approximate surface area is 127 Å². The molecule has 2 N–H and O–H groups in total. The average Bonchev–Trinajstić information content (AvgIpc) is 2.54. The van der Waals surface area contributed by atoms with Crippen LogP contribution >= 0.6 is 0 Å². The van der Waals surface area contributed by atoms with Crippen LogP contribution in [0.4, 0.5) is 17.8 Å². The van der Waals surface area contributed by atoms with Gasteiger partial charge in [-0.3, -0.25) is 0 Å². The minimum Gasteiger partial charge on any atom is -0.357 e. The van der Waals surface area contributed by atoms with Gasteiger partial charge in [-0.05, 0) is 32.1 Å². The quantitative estimate of drug-likeness (QED) is 0.840. The van der Waals surface area contributed by atoms with Crippen LogP contribution in [0.3, 0.4) is 0 Å². The highest BCUT2D eigenvalue weighted by molar-refractivity contribution is 5.44. The summed E-state index contributed by atoms with van der Waals surface area (Å²) in [4.78, 5) is 15.8. The Kier molecular flexibility index (Phi) is 5.59. The van der Waals surface area contributed by atoms with Gasteiger partial charge in [-0.1, -0.05) is 20.3 Å². The second kappa shape index (κ2) is 7.43. The molecule has 0 bridgehead atoms. The number of anilines is 3. The third kappa shape index (κ3) is 4.19. The van der Waals surface area contributed by atoms with Crippen LogP contribution in [-0.4, -0.2) is 41.1 Å². The van der Waals surface area contributed by atoms with E-state index >= 15 is 0 Å². The summed E-state index contributed by atoms with van der Waals surface area (Å²) in [6.07, 6.45) is 4.87. The van der Waals surface area contributed by atoms with Crippen LogP contribution in [0.15, 0.2) is 0 Å². The first-order valence-electron chi connectivity index (χ1n) is 8.09. The molecule has 118 valence electrons. The van der Waals surface area contributed by atoms with Crippen LogP contribution in [0.25, 0.3) is 0 Å². The van der Waals surface area contributed by atoms with E-state index in [1.54, 1.807) is 0 Å². The maximum absolute atomic E-state index is 4.61. The number of nitrogens with one attached hydrogen (secondary N) is 2. The molecular formula is C15H28N6. The smallest absolute Gasteiger partial charge is 0.231 e. The van der Waals surface area contributed by atoms with E-state index in [0.717, 1.165) is 25.5 Å². The lowest BCUT2D eigenvalue weighted by Crippen LogP contribution is -2.32. The summed E-state index contributed by atoms with van der Waals surface area (Å²) < 4.78 is 0. The van der Waals surface area contributed by atoms with E-state index in [9.17, 15) is 0 Å². The zero-order valence-corrected chi connectivity index (χ0v) is 13.7. The van der Waals surface area contributed by atoms with Gasteiger partial charge in [-0.2, -0.15) is 15.0 Å². The molecule has 0 saturated carbocycles. The first-order valence-corrected chi connectivity index (χ1v) is 8.09. The predicted octanol–water partition coefficient (Wildman–Crippen LogP) is 2.75. The van der Waals surface area contributed by atoms with Crippen LogP contribution in [0.2, 0.25) is 0 Å². The summed E-state index contributed by atoms with van der Waals surface area (Å²) in [6, 6.07) is 0.344. The highest BCUT2D eigenvalue weighted by Crippen LogP contribution is 2.19. The molecule has 2 unspecified atom stereocenters. The van der Waals surface area contributed by atoms with Crippen molar-refractivity contribution in [2.75, 3.05) is 35.7 Å². The van der Waals surface area contributed by atoms with Gasteiger partial charge < -0.3 is 15.5 Å². The fourth-order valence-electron chi connectivity index (χ4n) is 2.48. The third-order valence-corrected chi connectivity index (χ3v) is 4.34. The Morgan fingerprint density at radius 3 is 2.33 bits per heavy atom. The van der Waals surface area contributed by atoms with E-state index in [1.165, 1.54) is 19.3 Å². The van der Waals surface area contributed by atoms with Crippen molar-refractivity contribution in [3.63, 3.8) is 0 Å². The van der Waals surface area contributed by atoms with E-state index in [-0.39, 0.29) is 0 Å². The molecule has 2 rings (SSSR count). The number of hydrogen-bond acceptors (Lipinski definition) is 6. The molecule has 1 aromatic heterocycles. The Balaban J connectivity index is 2.16. The van der Waals surface area contributed by atoms with Crippen molar-refractivity contribution in [1.29, 1.82) is 0 Å². The average molecular weight is 292 g/mol. The molecule has 1 fully saturated rings. The Hall–Kier alpha value is -1.59. The molecule has 0 amide bonds. The molecule has 0 radical (unpaired) electrons. The predicted molar refractivity (Wildman–Crippen MR) is 88.0 cm³/mol. The second-order valence-corrected chi connectivity index (χ2v) is 5.90. The number of hydrogen-bond donors (Lipinski definition) is 2. The molecular weight excluding hydrogens is 264 g/mol.